The number of nitrogens with two attached hydrogens (primary N) is 1. The van der Waals surface area contributed by atoms with Crippen LogP contribution in [-0.4, -0.2) is 17.6 Å². The van der Waals surface area contributed by atoms with E-state index in [0.29, 0.717) is 11.4 Å². The molecule has 0 bridgehead atoms. The average Bonchev–Trinajstić information content (AvgIpc) is 3.37. The van der Waals surface area contributed by atoms with Gasteiger partial charge in [-0.1, -0.05) is 74.4 Å². The Morgan fingerprint density at radius 2 is 1.76 bits per heavy atom. The van der Waals surface area contributed by atoms with Gasteiger partial charge in [0.25, 0.3) is 5.91 Å². The van der Waals surface area contributed by atoms with Crippen molar-refractivity contribution in [3.05, 3.63) is 108 Å². The Bertz CT molecular complexity index is 1250. The van der Waals surface area contributed by atoms with Gasteiger partial charge in [-0.05, 0) is 53.5 Å². The standard InChI is InChI=1S/C29H31F3N4O/c1-2-3-15-26(22-10-5-4-6-11-22)23-12-8-13-24(19-23)34-27(37)28(29(30,31)32)16-17-36(35-28)25-14-7-9-21(18-25)20-33/h4-14,16-19,26,35H,2-3,15,20,33H2,1H3,(H,34,37). The fourth-order valence-corrected chi connectivity index (χ4v) is 4.53. The topological polar surface area (TPSA) is 70.4 Å². The third kappa shape index (κ3) is 5.70. The zero-order valence-electron chi connectivity index (χ0n) is 20.6. The number of halogens is 3. The number of alkyl halides is 3. The minimum absolute atomic E-state index is 0.0735. The molecule has 194 valence electrons. The van der Waals surface area contributed by atoms with E-state index in [1.54, 1.807) is 42.5 Å². The first kappa shape index (κ1) is 26.4. The number of carbonyl (C=O) groups excluding carboxylic acids is 1. The average molecular weight is 509 g/mol. The van der Waals surface area contributed by atoms with Gasteiger partial charge in [-0.3, -0.25) is 9.80 Å². The van der Waals surface area contributed by atoms with Crippen LogP contribution in [0.25, 0.3) is 0 Å². The van der Waals surface area contributed by atoms with Crippen molar-refractivity contribution in [3.63, 3.8) is 0 Å². The second-order valence-electron chi connectivity index (χ2n) is 9.16. The van der Waals surface area contributed by atoms with E-state index in [1.807, 2.05) is 36.4 Å². The van der Waals surface area contributed by atoms with Crippen molar-refractivity contribution in [3.8, 4) is 0 Å². The molecule has 0 saturated carbocycles. The van der Waals surface area contributed by atoms with Crippen molar-refractivity contribution in [2.24, 2.45) is 5.73 Å². The summed E-state index contributed by atoms with van der Waals surface area (Å²) in [7, 11) is 0. The first-order chi connectivity index (χ1) is 17.8. The molecule has 0 aliphatic carbocycles. The van der Waals surface area contributed by atoms with Crippen molar-refractivity contribution in [2.75, 3.05) is 10.3 Å². The minimum Gasteiger partial charge on any atom is -0.326 e. The number of hydrogen-bond donors (Lipinski definition) is 3. The maximum atomic E-state index is 14.4. The molecule has 0 aromatic heterocycles. The maximum Gasteiger partial charge on any atom is 0.421 e. The van der Waals surface area contributed by atoms with Crippen LogP contribution in [0.1, 0.15) is 48.8 Å². The Morgan fingerprint density at radius 3 is 2.46 bits per heavy atom. The second-order valence-corrected chi connectivity index (χ2v) is 9.16. The lowest BCUT2D eigenvalue weighted by Crippen LogP contribution is -2.63. The van der Waals surface area contributed by atoms with Gasteiger partial charge in [-0.25, -0.2) is 5.43 Å². The predicted octanol–water partition coefficient (Wildman–Crippen LogP) is 6.25. The summed E-state index contributed by atoms with van der Waals surface area (Å²) in [5.74, 6) is -1.14. The van der Waals surface area contributed by atoms with Gasteiger partial charge in [0.1, 0.15) is 0 Å². The third-order valence-electron chi connectivity index (χ3n) is 6.60. The summed E-state index contributed by atoms with van der Waals surface area (Å²) in [6.45, 7) is 2.36. The summed E-state index contributed by atoms with van der Waals surface area (Å²) >= 11 is 0. The van der Waals surface area contributed by atoms with E-state index in [2.05, 4.69) is 17.7 Å². The van der Waals surface area contributed by atoms with Crippen molar-refractivity contribution >= 4 is 17.3 Å². The van der Waals surface area contributed by atoms with Gasteiger partial charge >= 0.3 is 6.18 Å². The lowest BCUT2D eigenvalue weighted by Gasteiger charge is -2.32. The molecule has 3 aromatic carbocycles. The summed E-state index contributed by atoms with van der Waals surface area (Å²) in [5, 5.41) is 3.70. The van der Waals surface area contributed by atoms with Gasteiger partial charge in [0.2, 0.25) is 5.54 Å². The summed E-state index contributed by atoms with van der Waals surface area (Å²) in [4.78, 5) is 13.2. The van der Waals surface area contributed by atoms with Crippen LogP contribution in [0.5, 0.6) is 0 Å². The largest absolute Gasteiger partial charge is 0.421 e. The van der Waals surface area contributed by atoms with Crippen LogP contribution >= 0.6 is 0 Å². The number of nitrogens with one attached hydrogen (secondary N) is 2. The van der Waals surface area contributed by atoms with Gasteiger partial charge < -0.3 is 11.1 Å². The van der Waals surface area contributed by atoms with E-state index in [9.17, 15) is 18.0 Å². The predicted molar refractivity (Wildman–Crippen MR) is 141 cm³/mol. The molecule has 4 N–H and O–H groups in total. The van der Waals surface area contributed by atoms with Gasteiger partial charge in [0, 0.05) is 24.4 Å². The molecule has 0 spiro atoms. The normalized spacial score (nSPS) is 18.1. The number of hydrazine groups is 1. The molecule has 4 rings (SSSR count). The Morgan fingerprint density at radius 1 is 1.03 bits per heavy atom. The van der Waals surface area contributed by atoms with Crippen LogP contribution in [0.2, 0.25) is 0 Å². The number of unbranched alkanes of at least 4 members (excludes halogenated alkanes) is 1. The second kappa shape index (κ2) is 11.2. The Balaban J connectivity index is 1.59. The van der Waals surface area contributed by atoms with E-state index >= 15 is 0 Å². The highest BCUT2D eigenvalue weighted by molar-refractivity contribution is 6.01. The molecule has 1 amide bonds. The van der Waals surface area contributed by atoms with Gasteiger partial charge in [-0.2, -0.15) is 13.2 Å². The molecule has 2 unspecified atom stereocenters. The zero-order valence-corrected chi connectivity index (χ0v) is 20.6. The van der Waals surface area contributed by atoms with Crippen molar-refractivity contribution < 1.29 is 18.0 Å². The number of anilines is 2. The highest BCUT2D eigenvalue weighted by Gasteiger charge is 2.61. The third-order valence-corrected chi connectivity index (χ3v) is 6.60. The highest BCUT2D eigenvalue weighted by atomic mass is 19.4. The molecule has 1 aliphatic rings. The number of hydrogen-bond acceptors (Lipinski definition) is 4. The van der Waals surface area contributed by atoms with Crippen LogP contribution in [0.15, 0.2) is 91.1 Å². The van der Waals surface area contributed by atoms with Crippen LogP contribution in [0.3, 0.4) is 0 Å². The molecule has 0 saturated heterocycles. The first-order valence-electron chi connectivity index (χ1n) is 12.4. The quantitative estimate of drug-likeness (QED) is 0.320. The SMILES string of the molecule is CCCCC(c1ccccc1)c1cccc(NC(=O)C2(C(F)(F)F)C=CN(c3cccc(CN)c3)N2)c1. The molecule has 2 atom stereocenters. The first-order valence-corrected chi connectivity index (χ1v) is 12.4. The number of benzene rings is 3. The van der Waals surface area contributed by atoms with E-state index in [0.717, 1.165) is 42.0 Å². The lowest BCUT2D eigenvalue weighted by molar-refractivity contribution is -0.183. The van der Waals surface area contributed by atoms with Gasteiger partial charge in [0.15, 0.2) is 0 Å². The van der Waals surface area contributed by atoms with E-state index < -0.39 is 17.6 Å². The summed E-state index contributed by atoms with van der Waals surface area (Å²) in [6, 6.07) is 23.9. The van der Waals surface area contributed by atoms with Gasteiger partial charge in [0.05, 0.1) is 5.69 Å². The van der Waals surface area contributed by atoms with Crippen LogP contribution in [0.4, 0.5) is 24.5 Å². The highest BCUT2D eigenvalue weighted by Crippen LogP contribution is 2.38. The molecule has 1 aliphatic heterocycles. The van der Waals surface area contributed by atoms with E-state index in [4.69, 9.17) is 5.73 Å². The fraction of sp³-hybridized carbons (Fsp3) is 0.276. The Labute approximate surface area is 215 Å². The van der Waals surface area contributed by atoms with Gasteiger partial charge in [-0.15, -0.1) is 0 Å². The summed E-state index contributed by atoms with van der Waals surface area (Å²) < 4.78 is 43.1. The molecule has 0 fully saturated rings. The smallest absolute Gasteiger partial charge is 0.326 e. The zero-order chi connectivity index (χ0) is 26.5. The Hall–Kier alpha value is -3.62. The summed E-state index contributed by atoms with van der Waals surface area (Å²) in [5.41, 5.74) is 8.69. The molecular weight excluding hydrogens is 477 g/mol. The number of nitrogens with zero attached hydrogens (tertiary/aromatic N) is 1. The molecular formula is C29H31F3N4O. The van der Waals surface area contributed by atoms with Crippen LogP contribution in [-0.2, 0) is 11.3 Å². The fourth-order valence-electron chi connectivity index (χ4n) is 4.53. The van der Waals surface area contributed by atoms with Crippen molar-refractivity contribution in [1.82, 2.24) is 5.43 Å². The summed E-state index contributed by atoms with van der Waals surface area (Å²) in [6.07, 6.45) is 0.0923. The number of amides is 1. The van der Waals surface area contributed by atoms with E-state index in [1.165, 1.54) is 11.2 Å². The molecule has 37 heavy (non-hydrogen) atoms. The lowest BCUT2D eigenvalue weighted by atomic mass is 9.87. The maximum absolute atomic E-state index is 14.4. The van der Waals surface area contributed by atoms with Crippen molar-refractivity contribution in [2.45, 2.75) is 50.4 Å². The van der Waals surface area contributed by atoms with Crippen molar-refractivity contribution in [1.29, 1.82) is 0 Å². The van der Waals surface area contributed by atoms with Crippen LogP contribution in [0, 0.1) is 0 Å². The number of rotatable bonds is 9. The molecule has 1 heterocycles. The van der Waals surface area contributed by atoms with Crippen LogP contribution < -0.4 is 21.5 Å². The minimum atomic E-state index is -4.89. The van der Waals surface area contributed by atoms with E-state index in [-0.39, 0.29) is 12.5 Å². The molecule has 8 heteroatoms. The molecule has 5 nitrogen and oxygen atoms in total. The molecule has 3 aromatic rings. The Kier molecular flexibility index (Phi) is 8.00. The number of carbonyl (C=O) groups is 1. The monoisotopic (exact) mass is 508 g/mol. The molecule has 0 radical (unpaired) electrons.